The SMILES string of the molecule is CCCCOC(=O)CN1C(=O)C(CC)Oc2ccc(-c3csc(-c4ccccc4)n3)cc21. The van der Waals surface area contributed by atoms with Crippen LogP contribution in [0.15, 0.2) is 53.9 Å². The van der Waals surface area contributed by atoms with E-state index in [1.807, 2.05) is 67.8 Å². The Morgan fingerprint density at radius 2 is 1.97 bits per heavy atom. The summed E-state index contributed by atoms with van der Waals surface area (Å²) in [6, 6.07) is 15.6. The number of rotatable bonds is 8. The number of ether oxygens (including phenoxy) is 2. The lowest BCUT2D eigenvalue weighted by Gasteiger charge is -2.33. The van der Waals surface area contributed by atoms with E-state index in [-0.39, 0.29) is 12.5 Å². The highest BCUT2D eigenvalue weighted by Crippen LogP contribution is 2.39. The first-order valence-corrected chi connectivity index (χ1v) is 11.8. The van der Waals surface area contributed by atoms with Crippen LogP contribution >= 0.6 is 11.3 Å². The standard InChI is InChI=1S/C25H26N2O4S/c1-3-5-13-30-23(28)15-27-20-14-18(11-12-22(20)31-21(4-2)25(27)29)19-16-32-24(26-19)17-9-7-6-8-10-17/h6-12,14,16,21H,3-5,13,15H2,1-2H3. The molecule has 4 rings (SSSR count). The van der Waals surface area contributed by atoms with Crippen LogP contribution in [0.25, 0.3) is 21.8 Å². The summed E-state index contributed by atoms with van der Waals surface area (Å²) in [4.78, 5) is 31.6. The van der Waals surface area contributed by atoms with E-state index >= 15 is 0 Å². The van der Waals surface area contributed by atoms with Crippen molar-refractivity contribution in [3.05, 3.63) is 53.9 Å². The number of amides is 1. The van der Waals surface area contributed by atoms with Gasteiger partial charge in [0.15, 0.2) is 6.10 Å². The number of unbranched alkanes of at least 4 members (excludes halogenated alkanes) is 1. The van der Waals surface area contributed by atoms with Crippen molar-refractivity contribution in [3.8, 4) is 27.6 Å². The molecule has 32 heavy (non-hydrogen) atoms. The van der Waals surface area contributed by atoms with Crippen molar-refractivity contribution >= 4 is 28.9 Å². The fraction of sp³-hybridized carbons (Fsp3) is 0.320. The topological polar surface area (TPSA) is 68.7 Å². The van der Waals surface area contributed by atoms with E-state index in [2.05, 4.69) is 0 Å². The molecule has 0 spiro atoms. The van der Waals surface area contributed by atoms with Crippen molar-refractivity contribution in [2.75, 3.05) is 18.1 Å². The highest BCUT2D eigenvalue weighted by Gasteiger charge is 2.35. The van der Waals surface area contributed by atoms with E-state index in [4.69, 9.17) is 14.5 Å². The van der Waals surface area contributed by atoms with Gasteiger partial charge in [0.2, 0.25) is 0 Å². The van der Waals surface area contributed by atoms with Crippen LogP contribution in [0.2, 0.25) is 0 Å². The van der Waals surface area contributed by atoms with Gasteiger partial charge in [-0.15, -0.1) is 11.3 Å². The number of anilines is 1. The first-order chi connectivity index (χ1) is 15.6. The molecular formula is C25H26N2O4S. The van der Waals surface area contributed by atoms with Crippen molar-refractivity contribution in [2.24, 2.45) is 0 Å². The van der Waals surface area contributed by atoms with Gasteiger partial charge in [-0.1, -0.05) is 50.6 Å². The predicted molar refractivity (Wildman–Crippen MR) is 126 cm³/mol. The van der Waals surface area contributed by atoms with Gasteiger partial charge in [-0.05, 0) is 31.0 Å². The molecule has 2 aromatic carbocycles. The van der Waals surface area contributed by atoms with Crippen LogP contribution in [-0.4, -0.2) is 36.1 Å². The minimum atomic E-state index is -0.610. The molecule has 166 valence electrons. The van der Waals surface area contributed by atoms with E-state index in [0.717, 1.165) is 34.7 Å². The maximum absolute atomic E-state index is 13.0. The smallest absolute Gasteiger partial charge is 0.326 e. The van der Waals surface area contributed by atoms with Crippen LogP contribution in [0.1, 0.15) is 33.1 Å². The van der Waals surface area contributed by atoms with E-state index in [9.17, 15) is 9.59 Å². The average molecular weight is 451 g/mol. The average Bonchev–Trinajstić information content (AvgIpc) is 3.31. The fourth-order valence-electron chi connectivity index (χ4n) is 3.53. The van der Waals surface area contributed by atoms with E-state index in [0.29, 0.717) is 24.5 Å². The first kappa shape index (κ1) is 22.0. The number of nitrogens with zero attached hydrogens (tertiary/aromatic N) is 2. The van der Waals surface area contributed by atoms with Gasteiger partial charge in [0.25, 0.3) is 5.91 Å². The van der Waals surface area contributed by atoms with E-state index in [1.165, 1.54) is 4.90 Å². The molecule has 0 aliphatic carbocycles. The molecule has 2 heterocycles. The molecule has 0 N–H and O–H groups in total. The van der Waals surface area contributed by atoms with Gasteiger partial charge < -0.3 is 9.47 Å². The summed E-state index contributed by atoms with van der Waals surface area (Å²) in [6.45, 7) is 4.15. The molecule has 1 amide bonds. The highest BCUT2D eigenvalue weighted by atomic mass is 32.1. The second-order valence-electron chi connectivity index (χ2n) is 7.60. The summed E-state index contributed by atoms with van der Waals surface area (Å²) in [5.74, 6) is -0.0622. The Morgan fingerprint density at radius 3 is 2.72 bits per heavy atom. The molecular weight excluding hydrogens is 424 g/mol. The van der Waals surface area contributed by atoms with Crippen molar-refractivity contribution in [1.29, 1.82) is 0 Å². The van der Waals surface area contributed by atoms with Crippen molar-refractivity contribution < 1.29 is 19.1 Å². The van der Waals surface area contributed by atoms with Crippen LogP contribution in [0.4, 0.5) is 5.69 Å². The molecule has 1 aromatic heterocycles. The third-order valence-electron chi connectivity index (χ3n) is 5.30. The lowest BCUT2D eigenvalue weighted by Crippen LogP contribution is -2.48. The maximum atomic E-state index is 13.0. The van der Waals surface area contributed by atoms with Crippen LogP contribution in [0.5, 0.6) is 5.75 Å². The zero-order chi connectivity index (χ0) is 22.5. The molecule has 1 aliphatic rings. The Hall–Kier alpha value is -3.19. The number of hydrogen-bond donors (Lipinski definition) is 0. The van der Waals surface area contributed by atoms with Crippen LogP contribution in [0.3, 0.4) is 0 Å². The number of carbonyl (C=O) groups excluding carboxylic acids is 2. The number of thiazole rings is 1. The number of fused-ring (bicyclic) bond motifs is 1. The normalized spacial score (nSPS) is 15.2. The molecule has 7 heteroatoms. The summed E-state index contributed by atoms with van der Waals surface area (Å²) in [6.07, 6.45) is 1.65. The molecule has 1 unspecified atom stereocenters. The van der Waals surface area contributed by atoms with Gasteiger partial charge in [-0.2, -0.15) is 0 Å². The Kier molecular flexibility index (Phi) is 6.85. The molecule has 1 atom stereocenters. The maximum Gasteiger partial charge on any atom is 0.326 e. The van der Waals surface area contributed by atoms with E-state index < -0.39 is 12.1 Å². The van der Waals surface area contributed by atoms with Gasteiger partial charge >= 0.3 is 5.97 Å². The number of aromatic nitrogens is 1. The lowest BCUT2D eigenvalue weighted by molar-refractivity contribution is -0.143. The molecule has 0 bridgehead atoms. The summed E-state index contributed by atoms with van der Waals surface area (Å²) in [7, 11) is 0. The number of hydrogen-bond acceptors (Lipinski definition) is 6. The lowest BCUT2D eigenvalue weighted by atomic mass is 10.1. The molecule has 3 aromatic rings. The quantitative estimate of drug-likeness (QED) is 0.343. The Labute approximate surface area is 191 Å². The third-order valence-corrected chi connectivity index (χ3v) is 6.19. The zero-order valence-corrected chi connectivity index (χ0v) is 19.1. The molecule has 0 fully saturated rings. The largest absolute Gasteiger partial charge is 0.478 e. The molecule has 0 saturated carbocycles. The van der Waals surface area contributed by atoms with Crippen LogP contribution in [-0.2, 0) is 14.3 Å². The van der Waals surface area contributed by atoms with Crippen molar-refractivity contribution in [3.63, 3.8) is 0 Å². The van der Waals surface area contributed by atoms with Crippen molar-refractivity contribution in [1.82, 2.24) is 4.98 Å². The second kappa shape index (κ2) is 9.96. The molecule has 0 saturated heterocycles. The minimum Gasteiger partial charge on any atom is -0.478 e. The van der Waals surface area contributed by atoms with Gasteiger partial charge in [-0.25, -0.2) is 4.98 Å². The van der Waals surface area contributed by atoms with Crippen molar-refractivity contribution in [2.45, 2.75) is 39.2 Å². The van der Waals surface area contributed by atoms with Gasteiger partial charge in [0, 0.05) is 16.5 Å². The third kappa shape index (κ3) is 4.67. The predicted octanol–water partition coefficient (Wildman–Crippen LogP) is 5.32. The number of carbonyl (C=O) groups is 2. The Balaban J connectivity index is 1.63. The molecule has 6 nitrogen and oxygen atoms in total. The second-order valence-corrected chi connectivity index (χ2v) is 8.46. The number of esters is 1. The summed E-state index contributed by atoms with van der Waals surface area (Å²) in [5.41, 5.74) is 3.30. The zero-order valence-electron chi connectivity index (χ0n) is 18.2. The Morgan fingerprint density at radius 1 is 1.16 bits per heavy atom. The van der Waals surface area contributed by atoms with Gasteiger partial charge in [-0.3, -0.25) is 14.5 Å². The van der Waals surface area contributed by atoms with Gasteiger partial charge in [0.05, 0.1) is 18.0 Å². The summed E-state index contributed by atoms with van der Waals surface area (Å²) >= 11 is 1.57. The highest BCUT2D eigenvalue weighted by molar-refractivity contribution is 7.13. The fourth-order valence-corrected chi connectivity index (χ4v) is 4.36. The molecule has 0 radical (unpaired) electrons. The van der Waals surface area contributed by atoms with Crippen LogP contribution in [0, 0.1) is 0 Å². The van der Waals surface area contributed by atoms with Gasteiger partial charge in [0.1, 0.15) is 17.3 Å². The summed E-state index contributed by atoms with van der Waals surface area (Å²) in [5, 5.41) is 2.92. The minimum absolute atomic E-state index is 0.134. The molecule has 1 aliphatic heterocycles. The van der Waals surface area contributed by atoms with E-state index in [1.54, 1.807) is 11.3 Å². The number of benzene rings is 2. The van der Waals surface area contributed by atoms with Crippen LogP contribution < -0.4 is 9.64 Å². The first-order valence-electron chi connectivity index (χ1n) is 10.9. The Bertz CT molecular complexity index is 1100. The monoisotopic (exact) mass is 450 g/mol. The summed E-state index contributed by atoms with van der Waals surface area (Å²) < 4.78 is 11.2.